The summed E-state index contributed by atoms with van der Waals surface area (Å²) in [5.74, 6) is -2.99. The van der Waals surface area contributed by atoms with Gasteiger partial charge < -0.3 is 19.3 Å². The summed E-state index contributed by atoms with van der Waals surface area (Å²) in [5.41, 5.74) is 0. The number of aliphatic carboxylic acids is 1. The first kappa shape index (κ1) is 18.7. The molecule has 19 heavy (non-hydrogen) atoms. The lowest BCUT2D eigenvalue weighted by molar-refractivity contribution is -0.137. The molecule has 8 heteroatoms. The van der Waals surface area contributed by atoms with Gasteiger partial charge >= 0.3 is 23.9 Å². The highest BCUT2D eigenvalue weighted by atomic mass is 16.5. The van der Waals surface area contributed by atoms with Crippen LogP contribution < -0.4 is 0 Å². The molecule has 0 aromatic heterocycles. The first-order valence-corrected chi connectivity index (χ1v) is 4.70. The largest absolute Gasteiger partial charge is 0.478 e. The van der Waals surface area contributed by atoms with Gasteiger partial charge in [0.25, 0.3) is 0 Å². The van der Waals surface area contributed by atoms with Crippen molar-refractivity contribution < 1.29 is 38.5 Å². The topological polar surface area (TPSA) is 116 Å². The van der Waals surface area contributed by atoms with Crippen molar-refractivity contribution in [3.8, 4) is 0 Å². The van der Waals surface area contributed by atoms with E-state index in [1.807, 2.05) is 0 Å². The maximum Gasteiger partial charge on any atom is 0.330 e. The summed E-state index contributed by atoms with van der Waals surface area (Å²) in [4.78, 5) is 40.5. The van der Waals surface area contributed by atoms with E-state index in [1.54, 1.807) is 0 Å². The van der Waals surface area contributed by atoms with Crippen LogP contribution in [0.1, 0.15) is 0 Å². The van der Waals surface area contributed by atoms with Crippen LogP contribution in [-0.4, -0.2) is 50.3 Å². The van der Waals surface area contributed by atoms with E-state index in [1.165, 1.54) is 21.3 Å². The molecule has 8 nitrogen and oxygen atoms in total. The summed E-state index contributed by atoms with van der Waals surface area (Å²) in [6, 6.07) is 0. The Morgan fingerprint density at radius 3 is 1.16 bits per heavy atom. The summed E-state index contributed by atoms with van der Waals surface area (Å²) in [6.45, 7) is 0. The summed E-state index contributed by atoms with van der Waals surface area (Å²) >= 11 is 0. The molecule has 1 N–H and O–H groups in total. The normalized spacial score (nSPS) is 9.42. The molecule has 0 aromatic rings. The Morgan fingerprint density at radius 1 is 0.684 bits per heavy atom. The van der Waals surface area contributed by atoms with Gasteiger partial charge in [-0.3, -0.25) is 0 Å². The molecule has 0 aliphatic carbocycles. The van der Waals surface area contributed by atoms with Crippen LogP contribution in [0.4, 0.5) is 0 Å². The fraction of sp³-hybridized carbons (Fsp3) is 0.273. The van der Waals surface area contributed by atoms with Gasteiger partial charge in [-0.05, 0) is 0 Å². The standard InChI is InChI=1S/C6H8O4.C5H6O4/c1-9-5(7)3-4-6(8)10-2;1-9-5(8)3-2-4(6)7/h3-4H,1-2H3;2-3H,1H3,(H,6,7)/b4-3+;3-2+. The van der Waals surface area contributed by atoms with E-state index in [0.29, 0.717) is 6.08 Å². The van der Waals surface area contributed by atoms with Crippen molar-refractivity contribution in [1.82, 2.24) is 0 Å². The average molecular weight is 274 g/mol. The first-order valence-electron chi connectivity index (χ1n) is 4.70. The average Bonchev–Trinajstić information content (AvgIpc) is 2.41. The van der Waals surface area contributed by atoms with E-state index in [9.17, 15) is 19.2 Å². The van der Waals surface area contributed by atoms with Crippen molar-refractivity contribution in [3.05, 3.63) is 24.3 Å². The van der Waals surface area contributed by atoms with E-state index < -0.39 is 23.9 Å². The molecule has 0 unspecified atom stereocenters. The fourth-order valence-corrected chi connectivity index (χ4v) is 0.480. The summed E-state index contributed by atoms with van der Waals surface area (Å²) in [7, 11) is 3.63. The van der Waals surface area contributed by atoms with E-state index in [2.05, 4.69) is 14.2 Å². The monoisotopic (exact) mass is 274 g/mol. The third-order valence-corrected chi connectivity index (χ3v) is 1.32. The number of carbonyl (C=O) groups is 4. The molecule has 0 saturated carbocycles. The number of ether oxygens (including phenoxy) is 3. The van der Waals surface area contributed by atoms with Crippen molar-refractivity contribution in [3.63, 3.8) is 0 Å². The van der Waals surface area contributed by atoms with Crippen LogP contribution in [0.5, 0.6) is 0 Å². The molecule has 0 rings (SSSR count). The second kappa shape index (κ2) is 11.8. The quantitative estimate of drug-likeness (QED) is 0.421. The van der Waals surface area contributed by atoms with Crippen LogP contribution >= 0.6 is 0 Å². The Balaban J connectivity index is 0. The smallest absolute Gasteiger partial charge is 0.330 e. The van der Waals surface area contributed by atoms with Gasteiger partial charge in [0.05, 0.1) is 21.3 Å². The molecule has 0 aliphatic rings. The SMILES string of the molecule is COC(=O)/C=C/C(=O)O.COC(=O)/C=C/C(=O)OC. The molecule has 0 aromatic carbocycles. The van der Waals surface area contributed by atoms with Crippen molar-refractivity contribution in [2.75, 3.05) is 21.3 Å². The summed E-state index contributed by atoms with van der Waals surface area (Å²) in [6.07, 6.45) is 3.53. The molecular formula is C11H14O8. The highest BCUT2D eigenvalue weighted by Crippen LogP contribution is 1.80. The van der Waals surface area contributed by atoms with Crippen molar-refractivity contribution in [1.29, 1.82) is 0 Å². The summed E-state index contributed by atoms with van der Waals surface area (Å²) in [5, 5.41) is 7.96. The Hall–Kier alpha value is -2.64. The Labute approximate surface area is 109 Å². The number of hydrogen-bond donors (Lipinski definition) is 1. The lowest BCUT2D eigenvalue weighted by Gasteiger charge is -1.89. The minimum absolute atomic E-state index is 0.578. The van der Waals surface area contributed by atoms with Crippen molar-refractivity contribution in [2.24, 2.45) is 0 Å². The Bertz CT molecular complexity index is 362. The highest BCUT2D eigenvalue weighted by molar-refractivity contribution is 5.91. The number of hydrogen-bond acceptors (Lipinski definition) is 7. The minimum atomic E-state index is -1.17. The first-order chi connectivity index (χ1) is 8.87. The van der Waals surface area contributed by atoms with Gasteiger partial charge in [0.15, 0.2) is 0 Å². The molecular weight excluding hydrogens is 260 g/mol. The number of carboxylic acids is 1. The molecule has 0 heterocycles. The van der Waals surface area contributed by atoms with E-state index in [0.717, 1.165) is 18.2 Å². The van der Waals surface area contributed by atoms with E-state index in [-0.39, 0.29) is 0 Å². The van der Waals surface area contributed by atoms with Gasteiger partial charge in [-0.15, -0.1) is 0 Å². The number of methoxy groups -OCH3 is 3. The zero-order chi connectivity index (χ0) is 15.3. The molecule has 0 spiro atoms. The zero-order valence-corrected chi connectivity index (χ0v) is 10.6. The van der Waals surface area contributed by atoms with E-state index >= 15 is 0 Å². The lowest BCUT2D eigenvalue weighted by atomic mass is 10.5. The molecule has 0 amide bonds. The van der Waals surface area contributed by atoms with Crippen LogP contribution in [-0.2, 0) is 33.4 Å². The third kappa shape index (κ3) is 15.4. The lowest BCUT2D eigenvalue weighted by Crippen LogP contribution is -1.98. The van der Waals surface area contributed by atoms with Crippen LogP contribution in [0.15, 0.2) is 24.3 Å². The molecule has 106 valence electrons. The molecule has 0 bridgehead atoms. The zero-order valence-electron chi connectivity index (χ0n) is 10.6. The Kier molecular flexibility index (Phi) is 11.7. The van der Waals surface area contributed by atoms with Crippen LogP contribution in [0, 0.1) is 0 Å². The van der Waals surface area contributed by atoms with Gasteiger partial charge in [0.2, 0.25) is 0 Å². The number of rotatable bonds is 4. The third-order valence-electron chi connectivity index (χ3n) is 1.32. The van der Waals surface area contributed by atoms with Crippen molar-refractivity contribution >= 4 is 23.9 Å². The van der Waals surface area contributed by atoms with Gasteiger partial charge in [0.1, 0.15) is 0 Å². The number of carboxylic acid groups (broad SMARTS) is 1. The Morgan fingerprint density at radius 2 is 0.947 bits per heavy atom. The van der Waals surface area contributed by atoms with Gasteiger partial charge in [0, 0.05) is 24.3 Å². The molecule has 0 atom stereocenters. The van der Waals surface area contributed by atoms with Gasteiger partial charge in [-0.25, -0.2) is 19.2 Å². The van der Waals surface area contributed by atoms with Gasteiger partial charge in [-0.1, -0.05) is 0 Å². The molecule has 0 radical (unpaired) electrons. The number of carbonyl (C=O) groups excluding carboxylic acids is 3. The molecule has 0 saturated heterocycles. The summed E-state index contributed by atoms with van der Waals surface area (Å²) < 4.78 is 12.5. The van der Waals surface area contributed by atoms with Crippen LogP contribution in [0.2, 0.25) is 0 Å². The maximum absolute atomic E-state index is 10.3. The molecule has 0 fully saturated rings. The second-order valence-corrected chi connectivity index (χ2v) is 2.57. The van der Waals surface area contributed by atoms with Gasteiger partial charge in [-0.2, -0.15) is 0 Å². The van der Waals surface area contributed by atoms with E-state index in [4.69, 9.17) is 5.11 Å². The second-order valence-electron chi connectivity index (χ2n) is 2.57. The van der Waals surface area contributed by atoms with Crippen LogP contribution in [0.3, 0.4) is 0 Å². The minimum Gasteiger partial charge on any atom is -0.478 e. The fourth-order valence-electron chi connectivity index (χ4n) is 0.480. The van der Waals surface area contributed by atoms with Crippen molar-refractivity contribution in [2.45, 2.75) is 0 Å². The maximum atomic E-state index is 10.3. The highest BCUT2D eigenvalue weighted by Gasteiger charge is 1.94. The predicted octanol–water partition coefficient (Wildman–Crippen LogP) is -0.311. The van der Waals surface area contributed by atoms with Crippen LogP contribution in [0.25, 0.3) is 0 Å². The number of esters is 3. The molecule has 0 aliphatic heterocycles. The predicted molar refractivity (Wildman–Crippen MR) is 62.0 cm³/mol.